The fourth-order valence-electron chi connectivity index (χ4n) is 2.10. The van der Waals surface area contributed by atoms with Gasteiger partial charge in [0, 0.05) is 23.9 Å². The Balaban J connectivity index is 1.99. The number of halogens is 1. The number of aromatic nitrogens is 1. The summed E-state index contributed by atoms with van der Waals surface area (Å²) in [7, 11) is 1.48. The van der Waals surface area contributed by atoms with Crippen molar-refractivity contribution in [3.63, 3.8) is 0 Å². The molecule has 0 aliphatic carbocycles. The first kappa shape index (κ1) is 20.0. The number of aromatic carboxylic acids is 1. The molecule has 0 saturated carbocycles. The van der Waals surface area contributed by atoms with Crippen molar-refractivity contribution in [1.29, 1.82) is 0 Å². The highest BCUT2D eigenvalue weighted by molar-refractivity contribution is 7.09. The van der Waals surface area contributed by atoms with Crippen molar-refractivity contribution in [3.05, 3.63) is 38.8 Å². The molecule has 0 fully saturated rings. The third-order valence-electron chi connectivity index (χ3n) is 3.34. The van der Waals surface area contributed by atoms with Gasteiger partial charge < -0.3 is 19.9 Å². The van der Waals surface area contributed by atoms with Crippen molar-refractivity contribution in [2.45, 2.75) is 19.8 Å². The molecule has 1 aromatic carbocycles. The predicted molar refractivity (Wildman–Crippen MR) is 98.9 cm³/mol. The molecule has 2 N–H and O–H groups in total. The summed E-state index contributed by atoms with van der Waals surface area (Å²) in [4.78, 5) is 27.1. The lowest BCUT2D eigenvalue weighted by Gasteiger charge is -2.13. The number of methoxy groups -OCH3 is 1. The number of carboxylic acid groups (broad SMARTS) is 1. The Morgan fingerprint density at radius 1 is 1.38 bits per heavy atom. The van der Waals surface area contributed by atoms with E-state index in [2.05, 4.69) is 10.3 Å². The Labute approximate surface area is 159 Å². The molecule has 0 bridgehead atoms. The Hall–Kier alpha value is -2.32. The zero-order chi connectivity index (χ0) is 19.1. The van der Waals surface area contributed by atoms with Crippen LogP contribution in [0.3, 0.4) is 0 Å². The normalized spacial score (nSPS) is 10.4. The van der Waals surface area contributed by atoms with Gasteiger partial charge in [0.25, 0.3) is 5.91 Å². The monoisotopic (exact) mass is 398 g/mol. The second-order valence-electron chi connectivity index (χ2n) is 5.28. The molecule has 7 nitrogen and oxygen atoms in total. The summed E-state index contributed by atoms with van der Waals surface area (Å²) in [6, 6.07) is 3.09. The van der Waals surface area contributed by atoms with Crippen LogP contribution in [0.25, 0.3) is 0 Å². The summed E-state index contributed by atoms with van der Waals surface area (Å²) < 4.78 is 10.8. The Morgan fingerprint density at radius 3 is 2.77 bits per heavy atom. The van der Waals surface area contributed by atoms with Gasteiger partial charge in [-0.25, -0.2) is 9.78 Å². The van der Waals surface area contributed by atoms with Crippen LogP contribution in [-0.2, 0) is 6.42 Å². The highest BCUT2D eigenvalue weighted by atomic mass is 35.5. The fraction of sp³-hybridized carbons (Fsp3) is 0.353. The third kappa shape index (κ3) is 5.09. The van der Waals surface area contributed by atoms with Crippen molar-refractivity contribution >= 4 is 34.8 Å². The predicted octanol–water partition coefficient (Wildman–Crippen LogP) is 3.26. The van der Waals surface area contributed by atoms with Gasteiger partial charge in [0.1, 0.15) is 0 Å². The van der Waals surface area contributed by atoms with Gasteiger partial charge >= 0.3 is 5.97 Å². The molecule has 26 heavy (non-hydrogen) atoms. The quantitative estimate of drug-likeness (QED) is 0.672. The van der Waals surface area contributed by atoms with Gasteiger partial charge in [0.15, 0.2) is 17.2 Å². The first-order valence-electron chi connectivity index (χ1n) is 7.92. The van der Waals surface area contributed by atoms with E-state index in [0.717, 1.165) is 6.42 Å². The zero-order valence-corrected chi connectivity index (χ0v) is 15.9. The number of rotatable bonds is 9. The molecular formula is C17H19ClN2O5S. The first-order chi connectivity index (χ1) is 12.5. The van der Waals surface area contributed by atoms with Crippen LogP contribution in [0.2, 0.25) is 5.02 Å². The average Bonchev–Trinajstić information content (AvgIpc) is 3.09. The summed E-state index contributed by atoms with van der Waals surface area (Å²) >= 11 is 7.45. The molecule has 2 rings (SSSR count). The van der Waals surface area contributed by atoms with E-state index >= 15 is 0 Å². The van der Waals surface area contributed by atoms with Crippen LogP contribution >= 0.6 is 22.9 Å². The van der Waals surface area contributed by atoms with Gasteiger partial charge in [-0.05, 0) is 18.6 Å². The number of nitrogens with one attached hydrogen (secondary N) is 1. The molecule has 1 heterocycles. The van der Waals surface area contributed by atoms with Crippen LogP contribution < -0.4 is 14.8 Å². The molecule has 1 aromatic heterocycles. The summed E-state index contributed by atoms with van der Waals surface area (Å²) in [5.41, 5.74) is 0.358. The number of carbonyl (C=O) groups is 2. The standard InChI is InChI=1S/C17H19ClN2O5S/c1-3-6-25-15-11(18)7-10(8-13(15)24-2)16(21)19-5-4-14-20-12(9-26-14)17(22)23/h7-9H,3-6H2,1-2H3,(H,19,21)(H,22,23). The van der Waals surface area contributed by atoms with Gasteiger partial charge in [-0.2, -0.15) is 0 Å². The minimum absolute atomic E-state index is 0.00973. The molecule has 2 aromatic rings. The molecule has 0 atom stereocenters. The molecule has 0 radical (unpaired) electrons. The average molecular weight is 399 g/mol. The second-order valence-corrected chi connectivity index (χ2v) is 6.63. The zero-order valence-electron chi connectivity index (χ0n) is 14.4. The summed E-state index contributed by atoms with van der Waals surface area (Å²) in [5, 5.41) is 14.0. The number of carbonyl (C=O) groups excluding carboxylic acids is 1. The molecule has 0 aliphatic rings. The second kappa shape index (κ2) is 9.40. The molecule has 0 aliphatic heterocycles. The molecule has 0 spiro atoms. The topological polar surface area (TPSA) is 97.8 Å². The van der Waals surface area contributed by atoms with E-state index in [-0.39, 0.29) is 11.6 Å². The lowest BCUT2D eigenvalue weighted by atomic mass is 10.2. The SMILES string of the molecule is CCCOc1c(Cl)cc(C(=O)NCCc2nc(C(=O)O)cs2)cc1OC. The number of hydrogen-bond acceptors (Lipinski definition) is 6. The number of hydrogen-bond donors (Lipinski definition) is 2. The number of amides is 1. The molecule has 0 saturated heterocycles. The Morgan fingerprint density at radius 2 is 2.15 bits per heavy atom. The van der Waals surface area contributed by atoms with E-state index in [4.69, 9.17) is 26.2 Å². The smallest absolute Gasteiger partial charge is 0.355 e. The number of benzene rings is 1. The number of nitrogens with zero attached hydrogens (tertiary/aromatic N) is 1. The van der Waals surface area contributed by atoms with Gasteiger partial charge in [0.2, 0.25) is 0 Å². The summed E-state index contributed by atoms with van der Waals surface area (Å²) in [6.07, 6.45) is 1.26. The van der Waals surface area contributed by atoms with E-state index in [1.165, 1.54) is 29.9 Å². The van der Waals surface area contributed by atoms with E-state index in [1.807, 2.05) is 6.92 Å². The van der Waals surface area contributed by atoms with Crippen molar-refractivity contribution in [2.24, 2.45) is 0 Å². The van der Waals surface area contributed by atoms with Crippen LogP contribution in [0, 0.1) is 0 Å². The van der Waals surface area contributed by atoms with Crippen molar-refractivity contribution in [2.75, 3.05) is 20.3 Å². The third-order valence-corrected chi connectivity index (χ3v) is 4.53. The van der Waals surface area contributed by atoms with Gasteiger partial charge in [-0.3, -0.25) is 4.79 Å². The maximum atomic E-state index is 12.3. The van der Waals surface area contributed by atoms with E-state index in [9.17, 15) is 9.59 Å². The highest BCUT2D eigenvalue weighted by Crippen LogP contribution is 2.36. The lowest BCUT2D eigenvalue weighted by Crippen LogP contribution is -2.25. The summed E-state index contributed by atoms with van der Waals surface area (Å²) in [5.74, 6) is -0.579. The van der Waals surface area contributed by atoms with Crippen molar-refractivity contribution in [1.82, 2.24) is 10.3 Å². The largest absolute Gasteiger partial charge is 0.493 e. The minimum Gasteiger partial charge on any atom is -0.493 e. The number of thiazole rings is 1. The minimum atomic E-state index is -1.07. The number of carboxylic acids is 1. The van der Waals surface area contributed by atoms with Crippen LogP contribution in [0.1, 0.15) is 39.2 Å². The lowest BCUT2D eigenvalue weighted by molar-refractivity contribution is 0.0690. The molecular weight excluding hydrogens is 380 g/mol. The molecule has 0 unspecified atom stereocenters. The van der Waals surface area contributed by atoms with Gasteiger partial charge in [0.05, 0.1) is 23.7 Å². The maximum Gasteiger partial charge on any atom is 0.355 e. The van der Waals surface area contributed by atoms with E-state index < -0.39 is 5.97 Å². The van der Waals surface area contributed by atoms with Crippen LogP contribution in [0.4, 0.5) is 0 Å². The van der Waals surface area contributed by atoms with Crippen LogP contribution in [0.5, 0.6) is 11.5 Å². The maximum absolute atomic E-state index is 12.3. The van der Waals surface area contributed by atoms with E-state index in [0.29, 0.717) is 46.7 Å². The van der Waals surface area contributed by atoms with Gasteiger partial charge in [-0.1, -0.05) is 18.5 Å². The highest BCUT2D eigenvalue weighted by Gasteiger charge is 2.16. The fourth-order valence-corrected chi connectivity index (χ4v) is 3.14. The van der Waals surface area contributed by atoms with Crippen molar-refractivity contribution in [3.8, 4) is 11.5 Å². The molecule has 1 amide bonds. The van der Waals surface area contributed by atoms with E-state index in [1.54, 1.807) is 6.07 Å². The van der Waals surface area contributed by atoms with Gasteiger partial charge in [-0.15, -0.1) is 11.3 Å². The Kier molecular flexibility index (Phi) is 7.23. The summed E-state index contributed by atoms with van der Waals surface area (Å²) in [6.45, 7) is 2.79. The molecule has 140 valence electrons. The van der Waals surface area contributed by atoms with Crippen LogP contribution in [-0.4, -0.2) is 42.2 Å². The van der Waals surface area contributed by atoms with Crippen LogP contribution in [0.15, 0.2) is 17.5 Å². The Bertz CT molecular complexity index is 793. The first-order valence-corrected chi connectivity index (χ1v) is 9.18. The molecule has 9 heteroatoms. The van der Waals surface area contributed by atoms with Crippen molar-refractivity contribution < 1.29 is 24.2 Å². The number of ether oxygens (including phenoxy) is 2.